The van der Waals surface area contributed by atoms with Crippen molar-refractivity contribution in [1.82, 2.24) is 14.8 Å². The van der Waals surface area contributed by atoms with E-state index in [0.717, 1.165) is 22.7 Å². The molecule has 33 heavy (non-hydrogen) atoms. The highest BCUT2D eigenvalue weighted by atomic mass is 32.2. The molecule has 0 spiro atoms. The average molecular weight is 461 g/mol. The van der Waals surface area contributed by atoms with Gasteiger partial charge in [-0.25, -0.2) is 0 Å². The summed E-state index contributed by atoms with van der Waals surface area (Å²) in [7, 11) is 3.24. The van der Waals surface area contributed by atoms with Crippen molar-refractivity contribution >= 4 is 23.4 Å². The Bertz CT molecular complexity index is 1210. The van der Waals surface area contributed by atoms with E-state index in [-0.39, 0.29) is 5.91 Å². The molecule has 0 aliphatic rings. The Hall–Kier alpha value is -3.78. The lowest BCUT2D eigenvalue weighted by molar-refractivity contribution is -0.115. The number of hydrogen-bond acceptors (Lipinski definition) is 6. The topological polar surface area (TPSA) is 78.3 Å². The summed E-state index contributed by atoms with van der Waals surface area (Å²) in [6.07, 6.45) is 0. The highest BCUT2D eigenvalue weighted by Crippen LogP contribution is 2.31. The van der Waals surface area contributed by atoms with Crippen molar-refractivity contribution in [3.63, 3.8) is 0 Å². The molecule has 168 valence electrons. The van der Waals surface area contributed by atoms with Gasteiger partial charge < -0.3 is 14.8 Å². The minimum absolute atomic E-state index is 0.126. The van der Waals surface area contributed by atoms with Crippen LogP contribution in [0.5, 0.6) is 11.5 Å². The van der Waals surface area contributed by atoms with Crippen LogP contribution < -0.4 is 14.8 Å². The summed E-state index contributed by atoms with van der Waals surface area (Å²) in [4.78, 5) is 12.8. The molecule has 0 aliphatic heterocycles. The van der Waals surface area contributed by atoms with Gasteiger partial charge >= 0.3 is 0 Å². The summed E-state index contributed by atoms with van der Waals surface area (Å²) in [6.45, 7) is 1.85. The van der Waals surface area contributed by atoms with Gasteiger partial charge in [-0.1, -0.05) is 30.0 Å². The Morgan fingerprint density at radius 3 is 2.09 bits per heavy atom. The quantitative estimate of drug-likeness (QED) is 0.370. The Labute approximate surface area is 196 Å². The van der Waals surface area contributed by atoms with Gasteiger partial charge in [0.1, 0.15) is 11.5 Å². The second kappa shape index (κ2) is 10.2. The lowest BCUT2D eigenvalue weighted by Crippen LogP contribution is -2.22. The molecule has 0 aliphatic carbocycles. The molecule has 1 N–H and O–H groups in total. The second-order valence-corrected chi connectivity index (χ2v) is 8.49. The zero-order chi connectivity index (χ0) is 23.2. The monoisotopic (exact) mass is 460 g/mol. The van der Waals surface area contributed by atoms with Crippen molar-refractivity contribution in [1.29, 1.82) is 0 Å². The maximum absolute atomic E-state index is 12.8. The van der Waals surface area contributed by atoms with Gasteiger partial charge in [-0.15, -0.1) is 10.2 Å². The Morgan fingerprint density at radius 1 is 0.879 bits per heavy atom. The number of methoxy groups -OCH3 is 2. The number of aromatic nitrogens is 3. The Kier molecular flexibility index (Phi) is 6.95. The van der Waals surface area contributed by atoms with Crippen LogP contribution in [-0.4, -0.2) is 40.1 Å². The molecule has 3 aromatic carbocycles. The predicted molar refractivity (Wildman–Crippen MR) is 130 cm³/mol. The van der Waals surface area contributed by atoms with E-state index in [2.05, 4.69) is 15.5 Å². The number of anilines is 1. The molecule has 0 saturated heterocycles. The third-order valence-corrected chi connectivity index (χ3v) is 6.05. The number of carbonyl (C=O) groups is 1. The van der Waals surface area contributed by atoms with Crippen LogP contribution >= 0.6 is 11.8 Å². The van der Waals surface area contributed by atoms with Crippen LogP contribution in [-0.2, 0) is 4.79 Å². The second-order valence-electron chi connectivity index (χ2n) is 7.18. The first kappa shape index (κ1) is 22.4. The molecule has 0 saturated carbocycles. The fraction of sp³-hybridized carbons (Fsp3) is 0.160. The summed E-state index contributed by atoms with van der Waals surface area (Å²) < 4.78 is 12.4. The van der Waals surface area contributed by atoms with Crippen LogP contribution in [0.15, 0.2) is 84.0 Å². The summed E-state index contributed by atoms with van der Waals surface area (Å²) in [6, 6.07) is 24.7. The normalized spacial score (nSPS) is 11.6. The molecule has 1 atom stereocenters. The first-order valence-corrected chi connectivity index (χ1v) is 11.2. The molecule has 1 aromatic heterocycles. The number of rotatable bonds is 8. The van der Waals surface area contributed by atoms with E-state index in [1.165, 1.54) is 11.8 Å². The van der Waals surface area contributed by atoms with Crippen LogP contribution in [0.1, 0.15) is 6.92 Å². The molecular formula is C25H24N4O3S. The van der Waals surface area contributed by atoms with E-state index in [9.17, 15) is 4.79 Å². The highest BCUT2D eigenvalue weighted by molar-refractivity contribution is 8.00. The third-order valence-electron chi connectivity index (χ3n) is 5.00. The number of benzene rings is 3. The number of nitrogens with one attached hydrogen (secondary N) is 1. The summed E-state index contributed by atoms with van der Waals surface area (Å²) >= 11 is 1.35. The number of carbonyl (C=O) groups excluding carboxylic acids is 1. The highest BCUT2D eigenvalue weighted by Gasteiger charge is 2.22. The van der Waals surface area contributed by atoms with E-state index in [0.29, 0.717) is 16.7 Å². The molecular weight excluding hydrogens is 436 g/mol. The van der Waals surface area contributed by atoms with E-state index in [4.69, 9.17) is 9.47 Å². The molecule has 1 amide bonds. The molecule has 1 heterocycles. The van der Waals surface area contributed by atoms with Gasteiger partial charge in [0.2, 0.25) is 5.91 Å². The van der Waals surface area contributed by atoms with E-state index >= 15 is 0 Å². The fourth-order valence-corrected chi connectivity index (χ4v) is 4.08. The Morgan fingerprint density at radius 2 is 1.48 bits per heavy atom. The van der Waals surface area contributed by atoms with Crippen LogP contribution in [0.25, 0.3) is 17.1 Å². The fourth-order valence-electron chi connectivity index (χ4n) is 3.21. The van der Waals surface area contributed by atoms with Crippen molar-refractivity contribution < 1.29 is 14.3 Å². The number of ether oxygens (including phenoxy) is 2. The van der Waals surface area contributed by atoms with Gasteiger partial charge in [-0.05, 0) is 67.6 Å². The van der Waals surface area contributed by atoms with E-state index in [1.807, 2.05) is 78.2 Å². The van der Waals surface area contributed by atoms with Crippen molar-refractivity contribution in [2.45, 2.75) is 17.3 Å². The van der Waals surface area contributed by atoms with E-state index in [1.54, 1.807) is 26.4 Å². The van der Waals surface area contributed by atoms with Crippen molar-refractivity contribution in [2.75, 3.05) is 19.5 Å². The Balaban J connectivity index is 1.60. The van der Waals surface area contributed by atoms with Gasteiger partial charge in [0.25, 0.3) is 0 Å². The zero-order valence-corrected chi connectivity index (χ0v) is 19.4. The summed E-state index contributed by atoms with van der Waals surface area (Å²) in [5.74, 6) is 2.06. The summed E-state index contributed by atoms with van der Waals surface area (Å²) in [5.41, 5.74) is 2.52. The minimum atomic E-state index is -0.400. The first-order chi connectivity index (χ1) is 16.1. The number of nitrogens with zero attached hydrogens (tertiary/aromatic N) is 3. The maximum atomic E-state index is 12.8. The first-order valence-electron chi connectivity index (χ1n) is 10.4. The van der Waals surface area contributed by atoms with E-state index < -0.39 is 5.25 Å². The minimum Gasteiger partial charge on any atom is -0.497 e. The zero-order valence-electron chi connectivity index (χ0n) is 18.6. The third kappa shape index (κ3) is 5.18. The van der Waals surface area contributed by atoms with Gasteiger partial charge in [-0.2, -0.15) is 0 Å². The molecule has 8 heteroatoms. The van der Waals surface area contributed by atoms with Crippen molar-refractivity contribution in [3.8, 4) is 28.6 Å². The largest absolute Gasteiger partial charge is 0.497 e. The number of thioether (sulfide) groups is 1. The van der Waals surface area contributed by atoms with Gasteiger partial charge in [0.15, 0.2) is 11.0 Å². The van der Waals surface area contributed by atoms with Gasteiger partial charge in [-0.3, -0.25) is 9.36 Å². The van der Waals surface area contributed by atoms with Crippen LogP contribution in [0.3, 0.4) is 0 Å². The molecule has 0 fully saturated rings. The maximum Gasteiger partial charge on any atom is 0.237 e. The summed E-state index contributed by atoms with van der Waals surface area (Å²) in [5, 5.41) is 12.0. The number of amides is 1. The predicted octanol–water partition coefficient (Wildman–Crippen LogP) is 5.07. The lowest BCUT2D eigenvalue weighted by atomic mass is 10.2. The lowest BCUT2D eigenvalue weighted by Gasteiger charge is -2.14. The van der Waals surface area contributed by atoms with Crippen molar-refractivity contribution in [3.05, 3.63) is 78.9 Å². The molecule has 7 nitrogen and oxygen atoms in total. The molecule has 0 radical (unpaired) electrons. The SMILES string of the molecule is COc1ccc(NC(=O)C(C)Sc2nnc(-c3ccc(OC)cc3)n2-c2ccccc2)cc1. The number of hydrogen-bond donors (Lipinski definition) is 1. The smallest absolute Gasteiger partial charge is 0.237 e. The number of para-hydroxylation sites is 1. The van der Waals surface area contributed by atoms with Crippen LogP contribution in [0, 0.1) is 0 Å². The molecule has 1 unspecified atom stereocenters. The van der Waals surface area contributed by atoms with Crippen molar-refractivity contribution in [2.24, 2.45) is 0 Å². The van der Waals surface area contributed by atoms with Gasteiger partial charge in [0, 0.05) is 16.9 Å². The van der Waals surface area contributed by atoms with Crippen LogP contribution in [0.4, 0.5) is 5.69 Å². The average Bonchev–Trinajstić information content (AvgIpc) is 3.28. The van der Waals surface area contributed by atoms with Gasteiger partial charge in [0.05, 0.1) is 19.5 Å². The molecule has 0 bridgehead atoms. The molecule has 4 rings (SSSR count). The molecule has 4 aromatic rings. The standard InChI is InChI=1S/C25H24N4O3S/c1-17(24(30)26-19-11-15-22(32-3)16-12-19)33-25-28-27-23(18-9-13-21(31-2)14-10-18)29(25)20-7-5-4-6-8-20/h4-17H,1-3H3,(H,26,30). The van der Waals surface area contributed by atoms with Crippen LogP contribution in [0.2, 0.25) is 0 Å².